The summed E-state index contributed by atoms with van der Waals surface area (Å²) in [6, 6.07) is 0. The van der Waals surface area contributed by atoms with E-state index in [4.69, 9.17) is 0 Å². The molecule has 0 aromatic carbocycles. The van der Waals surface area contributed by atoms with Crippen LogP contribution in [0.5, 0.6) is 0 Å². The normalized spacial score (nSPS) is 0. The zero-order valence-corrected chi connectivity index (χ0v) is 0. The second-order valence-electron chi connectivity index (χ2n) is 0. The molecule has 0 aromatic rings. The van der Waals surface area contributed by atoms with E-state index in [0.29, 0.717) is 0 Å². The van der Waals surface area contributed by atoms with E-state index in [2.05, 4.69) is 0 Å². The van der Waals surface area contributed by atoms with E-state index >= 15 is 0 Å². The minimum atomic E-state index is 0. The van der Waals surface area contributed by atoms with Crippen molar-refractivity contribution < 1.29 is 118 Å². The molecule has 0 aliphatic heterocycles. The van der Waals surface area contributed by atoms with Crippen molar-refractivity contribution in [3.8, 4) is 0 Å². The number of hydrogen-bond acceptors (Lipinski definition) is 0. The van der Waals surface area contributed by atoms with Gasteiger partial charge in [-0.2, -0.15) is 0 Å². The summed E-state index contributed by atoms with van der Waals surface area (Å²) in [5.74, 6) is 0. The van der Waals surface area contributed by atoms with Crippen LogP contribution >= 0.6 is 0 Å². The molecule has 0 heterocycles. The summed E-state index contributed by atoms with van der Waals surface area (Å²) in [4.78, 5) is 0. The van der Waals surface area contributed by atoms with Crippen molar-refractivity contribution in [2.45, 2.75) is 0 Å². The van der Waals surface area contributed by atoms with Gasteiger partial charge in [-0.25, -0.2) is 0 Å². The van der Waals surface area contributed by atoms with Crippen molar-refractivity contribution in [1.82, 2.24) is 0 Å². The molecule has 0 rings (SSSR count). The average molecular weight is 547 g/mol. The van der Waals surface area contributed by atoms with Crippen LogP contribution in [0.4, 0.5) is 0 Å². The molecule has 0 saturated heterocycles. The molecule has 0 unspecified atom stereocenters. The van der Waals surface area contributed by atoms with E-state index in [1.165, 1.54) is 0 Å². The minimum absolute atomic E-state index is 0. The predicted octanol–water partition coefficient (Wildman–Crippen LogP) is 2.09. The summed E-state index contributed by atoms with van der Waals surface area (Å²) < 4.78 is 0. The molecular formula is H206Al10Li10. The number of hydrogen-bond donors (Lipinski definition) is 0. The third-order valence-electron chi connectivity index (χ3n) is 0. The summed E-state index contributed by atoms with van der Waals surface area (Å²) in [5, 5.41) is 0. The Morgan fingerprint density at radius 2 is 0.150 bits per heavy atom. The Hall–Kier alpha value is 11.3. The molecule has 0 radical (unpaired) electrons. The third-order valence-corrected chi connectivity index (χ3v) is 0. The summed E-state index contributed by atoms with van der Waals surface area (Å²) >= 11 is 0. The van der Waals surface area contributed by atoms with Crippen LogP contribution < -0.4 is 0 Å². The molecule has 0 nitrogen and oxygen atoms in total. The Morgan fingerprint density at radius 3 is 0.150 bits per heavy atom. The molecule has 0 aromatic heterocycles. The van der Waals surface area contributed by atoms with Gasteiger partial charge in [0.25, 0.3) is 0 Å². The van der Waals surface area contributed by atoms with Crippen molar-refractivity contribution in [1.29, 1.82) is 0 Å². The molecule has 0 spiro atoms. The first-order valence-electron chi connectivity index (χ1n) is 0. The maximum absolute atomic E-state index is 0. The van der Waals surface area contributed by atoms with E-state index in [9.17, 15) is 0 Å². The van der Waals surface area contributed by atoms with Crippen LogP contribution in [0.25, 0.3) is 0 Å². The van der Waals surface area contributed by atoms with Gasteiger partial charge in [0.2, 0.25) is 0 Å². The first-order chi connectivity index (χ1) is 0. The Bertz CT molecular complexity index is 93.1. The van der Waals surface area contributed by atoms with E-state index in [1.807, 2.05) is 0 Å². The summed E-state index contributed by atoms with van der Waals surface area (Å²) in [6.07, 6.45) is 0. The van der Waals surface area contributed by atoms with Crippen LogP contribution in [0.3, 0.4) is 0 Å². The second-order valence-corrected chi connectivity index (χ2v) is 0. The van der Waals surface area contributed by atoms with Crippen molar-refractivity contribution >= 4 is 362 Å². The van der Waals surface area contributed by atoms with Crippen LogP contribution in [0.1, 0.15) is 118 Å². The van der Waals surface area contributed by atoms with Crippen LogP contribution in [-0.2, 0) is 0 Å². The van der Waals surface area contributed by atoms with Gasteiger partial charge in [0.15, 0.2) is 174 Å². The zero-order valence-electron chi connectivity index (χ0n) is 0. The molecule has 0 aliphatic carbocycles. The van der Waals surface area contributed by atoms with Gasteiger partial charge in [0.1, 0.15) is 0 Å². The summed E-state index contributed by atoms with van der Waals surface area (Å²) in [6.45, 7) is 0. The van der Waals surface area contributed by atoms with Crippen LogP contribution in [0.15, 0.2) is 0 Å². The molecule has 20 heavy (non-hydrogen) atoms. The average Bonchev–Trinajstić information content (AvgIpc) is 0. The van der Waals surface area contributed by atoms with E-state index in [-0.39, 0.29) is 481 Å². The maximum atomic E-state index is 0. The van der Waals surface area contributed by atoms with Crippen molar-refractivity contribution in [2.75, 3.05) is 0 Å². The summed E-state index contributed by atoms with van der Waals surface area (Å²) in [5.41, 5.74) is 0. The van der Waals surface area contributed by atoms with Gasteiger partial charge in [0, 0.05) is 118 Å². The molecule has 0 N–H and O–H groups in total. The van der Waals surface area contributed by atoms with Crippen molar-refractivity contribution in [2.24, 2.45) is 0 Å². The fourth-order valence-corrected chi connectivity index (χ4v) is 0. The van der Waals surface area contributed by atoms with Crippen LogP contribution in [0.2, 0.25) is 0 Å². The van der Waals surface area contributed by atoms with Gasteiger partial charge < -0.3 is 0 Å². The molecule has 0 bridgehead atoms. The number of rotatable bonds is 0. The quantitative estimate of drug-likeness (QED) is 0.409. The van der Waals surface area contributed by atoms with Crippen LogP contribution in [0, 0.1) is 0 Å². The molecule has 0 amide bonds. The van der Waals surface area contributed by atoms with Gasteiger partial charge in [-0.05, 0) is 0 Å². The van der Waals surface area contributed by atoms with Gasteiger partial charge in [-0.15, -0.1) is 0 Å². The van der Waals surface area contributed by atoms with E-state index in [0.717, 1.165) is 0 Å². The van der Waals surface area contributed by atoms with Gasteiger partial charge in [-0.3, -0.25) is 0 Å². The first-order valence-corrected chi connectivity index (χ1v) is 0. The Labute approximate surface area is 476 Å². The SMILES string of the molecule is [AlH3].[AlH3].[AlH3].[AlH3].[AlH3].[AlH3].[AlH3].[AlH3].[AlH3].[AlH3].[HH].[HH].[HH].[HH].[HH].[HH].[HH].[HH].[HH].[HH].[HH].[HH].[HH].[HH].[HH].[HH].[HH].[HH].[HH].[HH].[HH].[HH].[HH].[HH].[HH].[HH].[HH].[HH].[HH].[HH].[HH].[HH].[HH].[HH].[HH].[HH].[HH].[HH].[HH].[HH].[HH].[HH].[HH].[HH].[HH].[HH].[HH].[HH].[HH].[HH].[HH].[HH].[HH].[HH].[HH].[HH].[HH].[HH].[HH].[HH].[HH].[HH].[HH].[HH].[HH].[HH].[HH].[HH].[HH].[HH].[HH].[HH].[HH].[HH].[HH].[HH].[HH].[HH].[HH].[HH].[HH].[HH].[HH].[LiH].[LiH].[LiH].[LiH].[LiH].[LiH].[LiH].[LiH].[LiH].[LiH]. The molecule has 0 atom stereocenters. The molecule has 0 fully saturated rings. The fraction of sp³-hybridized carbons (Fsp3) is 0. The standard InChI is InChI=1S/10Al.10Li.83H2.40H/h;;;;;;;;;;;;;;;;;;;;83*1H;;;;;;;;;;;;;;;;;;;;;;;;;;;;;;;;;;;;;;;;. The van der Waals surface area contributed by atoms with Gasteiger partial charge >= 0.3 is 189 Å². The molecule has 0 aliphatic rings. The predicted molar refractivity (Wildman–Crippen MR) is 346 cm³/mol. The molecular weight excluding hydrogens is 339 g/mol. The van der Waals surface area contributed by atoms with Crippen molar-refractivity contribution in [3.05, 3.63) is 0 Å². The zero-order chi connectivity index (χ0) is 0. The fourth-order valence-electron chi connectivity index (χ4n) is 0. The topological polar surface area (TPSA) is 0 Å². The third kappa shape index (κ3) is 184. The first kappa shape index (κ1) is 225. The Kier molecular flexibility index (Phi) is 2290. The molecule has 246 valence electrons. The second kappa shape index (κ2) is 204. The Morgan fingerprint density at radius 1 is 0.150 bits per heavy atom. The van der Waals surface area contributed by atoms with E-state index < -0.39 is 0 Å². The molecule has 20 heteroatoms. The Balaban J connectivity index is 0. The molecule has 0 saturated carbocycles. The van der Waals surface area contributed by atoms with Gasteiger partial charge in [-0.1, -0.05) is 0 Å². The van der Waals surface area contributed by atoms with Gasteiger partial charge in [0.05, 0.1) is 0 Å². The van der Waals surface area contributed by atoms with Crippen LogP contribution in [-0.4, -0.2) is 362 Å². The van der Waals surface area contributed by atoms with Crippen molar-refractivity contribution in [3.63, 3.8) is 0 Å². The van der Waals surface area contributed by atoms with E-state index in [1.54, 1.807) is 0 Å². The summed E-state index contributed by atoms with van der Waals surface area (Å²) in [7, 11) is 0. The monoisotopic (exact) mass is 548 g/mol.